The van der Waals surface area contributed by atoms with Gasteiger partial charge in [-0.25, -0.2) is 9.59 Å². The van der Waals surface area contributed by atoms with Crippen molar-refractivity contribution in [2.24, 2.45) is 0 Å². The smallest absolute Gasteiger partial charge is 0.331 e. The van der Waals surface area contributed by atoms with Crippen LogP contribution in [0.3, 0.4) is 0 Å². The van der Waals surface area contributed by atoms with Gasteiger partial charge in [0, 0.05) is 16.6 Å². The Bertz CT molecular complexity index is 669. The van der Waals surface area contributed by atoms with E-state index in [-0.39, 0.29) is 6.04 Å². The fraction of sp³-hybridized carbons (Fsp3) is 0.389. The number of halogens is 1. The monoisotopic (exact) mass is 408 g/mol. The van der Waals surface area contributed by atoms with Crippen LogP contribution in [-0.4, -0.2) is 30.1 Å². The Balaban J connectivity index is 1.78. The summed E-state index contributed by atoms with van der Waals surface area (Å²) in [5.41, 5.74) is 0.812. The van der Waals surface area contributed by atoms with Gasteiger partial charge < -0.3 is 10.1 Å². The number of ether oxygens (including phenoxy) is 1. The minimum atomic E-state index is -1.06. The van der Waals surface area contributed by atoms with Crippen molar-refractivity contribution in [2.45, 2.75) is 44.8 Å². The molecule has 1 fully saturated rings. The number of hydrogen-bond donors (Lipinski definition) is 2. The van der Waals surface area contributed by atoms with E-state index in [9.17, 15) is 14.4 Å². The fourth-order valence-electron chi connectivity index (χ4n) is 2.54. The molecule has 0 unspecified atom stereocenters. The third-order valence-electron chi connectivity index (χ3n) is 3.89. The summed E-state index contributed by atoms with van der Waals surface area (Å²) in [4.78, 5) is 35.5. The van der Waals surface area contributed by atoms with E-state index >= 15 is 0 Å². The van der Waals surface area contributed by atoms with Crippen LogP contribution in [0.1, 0.15) is 38.2 Å². The van der Waals surface area contributed by atoms with Crippen LogP contribution >= 0.6 is 15.9 Å². The highest BCUT2D eigenvalue weighted by Crippen LogP contribution is 2.18. The number of benzene rings is 1. The number of rotatable bonds is 5. The molecule has 0 heterocycles. The molecule has 6 nitrogen and oxygen atoms in total. The molecule has 2 rings (SSSR count). The van der Waals surface area contributed by atoms with E-state index in [0.717, 1.165) is 35.7 Å². The number of urea groups is 1. The highest BCUT2D eigenvalue weighted by Gasteiger charge is 2.22. The summed E-state index contributed by atoms with van der Waals surface area (Å²) in [6.45, 7) is 1.42. The Morgan fingerprint density at radius 2 is 1.92 bits per heavy atom. The van der Waals surface area contributed by atoms with E-state index in [1.807, 2.05) is 24.3 Å². The zero-order chi connectivity index (χ0) is 18.2. The first-order chi connectivity index (χ1) is 12.0. The molecule has 1 atom stereocenters. The van der Waals surface area contributed by atoms with Crippen molar-refractivity contribution in [3.05, 3.63) is 40.4 Å². The number of esters is 1. The molecule has 134 valence electrons. The molecule has 0 bridgehead atoms. The lowest BCUT2D eigenvalue weighted by atomic mass is 10.2. The molecule has 3 amide bonds. The first-order valence-corrected chi connectivity index (χ1v) is 8.99. The number of imide groups is 1. The SMILES string of the molecule is C[C@@H](OC(=O)/C=C/c1ccccc1Br)C(=O)NC(=O)NC1CCCC1. The maximum Gasteiger partial charge on any atom is 0.331 e. The molecule has 0 saturated heterocycles. The third-order valence-corrected chi connectivity index (χ3v) is 4.62. The molecule has 7 heteroatoms. The van der Waals surface area contributed by atoms with Gasteiger partial charge in [0.15, 0.2) is 6.10 Å². The quantitative estimate of drug-likeness (QED) is 0.578. The van der Waals surface area contributed by atoms with Gasteiger partial charge in [0.25, 0.3) is 5.91 Å². The van der Waals surface area contributed by atoms with Gasteiger partial charge >= 0.3 is 12.0 Å². The molecular weight excluding hydrogens is 388 g/mol. The molecule has 1 aliphatic carbocycles. The van der Waals surface area contributed by atoms with Crippen LogP contribution in [0, 0.1) is 0 Å². The Morgan fingerprint density at radius 3 is 2.60 bits per heavy atom. The fourth-order valence-corrected chi connectivity index (χ4v) is 2.96. The van der Waals surface area contributed by atoms with Crippen LogP contribution in [-0.2, 0) is 14.3 Å². The molecule has 1 aromatic rings. The molecule has 0 aromatic heterocycles. The van der Waals surface area contributed by atoms with Crippen LogP contribution in [0.2, 0.25) is 0 Å². The number of amides is 3. The molecule has 0 radical (unpaired) electrons. The summed E-state index contributed by atoms with van der Waals surface area (Å²) >= 11 is 3.37. The molecule has 0 spiro atoms. The third kappa shape index (κ3) is 6.34. The molecule has 1 aromatic carbocycles. The molecule has 1 aliphatic rings. The first-order valence-electron chi connectivity index (χ1n) is 8.20. The van der Waals surface area contributed by atoms with Gasteiger partial charge in [0.1, 0.15) is 0 Å². The topological polar surface area (TPSA) is 84.5 Å². The lowest BCUT2D eigenvalue weighted by Gasteiger charge is -2.15. The second-order valence-electron chi connectivity index (χ2n) is 5.88. The summed E-state index contributed by atoms with van der Waals surface area (Å²) in [5, 5.41) is 4.94. The van der Waals surface area contributed by atoms with E-state index in [2.05, 4.69) is 26.6 Å². The molecule has 2 N–H and O–H groups in total. The maximum absolute atomic E-state index is 11.9. The number of carbonyl (C=O) groups is 3. The van der Waals surface area contributed by atoms with Gasteiger partial charge in [0.05, 0.1) is 0 Å². The van der Waals surface area contributed by atoms with Gasteiger partial charge in [-0.2, -0.15) is 0 Å². The molecule has 0 aliphatic heterocycles. The second-order valence-corrected chi connectivity index (χ2v) is 6.73. The zero-order valence-corrected chi connectivity index (χ0v) is 15.5. The van der Waals surface area contributed by atoms with Gasteiger partial charge in [-0.15, -0.1) is 0 Å². The normalized spacial score (nSPS) is 15.8. The summed E-state index contributed by atoms with van der Waals surface area (Å²) in [6, 6.07) is 6.94. The van der Waals surface area contributed by atoms with E-state index in [4.69, 9.17) is 4.74 Å². The maximum atomic E-state index is 11.9. The van der Waals surface area contributed by atoms with E-state index in [1.165, 1.54) is 13.0 Å². The van der Waals surface area contributed by atoms with E-state index < -0.39 is 24.0 Å². The Labute approximate surface area is 155 Å². The van der Waals surface area contributed by atoms with E-state index in [0.29, 0.717) is 0 Å². The molecule has 25 heavy (non-hydrogen) atoms. The van der Waals surface area contributed by atoms with Crippen molar-refractivity contribution in [3.8, 4) is 0 Å². The largest absolute Gasteiger partial charge is 0.449 e. The first kappa shape index (κ1) is 19.2. The van der Waals surface area contributed by atoms with Gasteiger partial charge in [-0.1, -0.05) is 47.0 Å². The average Bonchev–Trinajstić information content (AvgIpc) is 3.06. The van der Waals surface area contributed by atoms with Crippen molar-refractivity contribution in [1.29, 1.82) is 0 Å². The van der Waals surface area contributed by atoms with Crippen molar-refractivity contribution in [3.63, 3.8) is 0 Å². The van der Waals surface area contributed by atoms with Crippen molar-refractivity contribution < 1.29 is 19.1 Å². The Kier molecular flexibility index (Phi) is 7.18. The highest BCUT2D eigenvalue weighted by atomic mass is 79.9. The van der Waals surface area contributed by atoms with Crippen LogP contribution in [0.4, 0.5) is 4.79 Å². The van der Waals surface area contributed by atoms with Crippen LogP contribution in [0.25, 0.3) is 6.08 Å². The lowest BCUT2D eigenvalue weighted by molar-refractivity contribution is -0.149. The molecule has 1 saturated carbocycles. The van der Waals surface area contributed by atoms with Crippen LogP contribution < -0.4 is 10.6 Å². The number of hydrogen-bond acceptors (Lipinski definition) is 4. The Hall–Kier alpha value is -2.15. The average molecular weight is 409 g/mol. The van der Waals surface area contributed by atoms with Crippen LogP contribution in [0.5, 0.6) is 0 Å². The van der Waals surface area contributed by atoms with Gasteiger partial charge in [0.2, 0.25) is 0 Å². The van der Waals surface area contributed by atoms with Crippen molar-refractivity contribution >= 4 is 39.9 Å². The van der Waals surface area contributed by atoms with Crippen molar-refractivity contribution in [2.75, 3.05) is 0 Å². The van der Waals surface area contributed by atoms with Gasteiger partial charge in [-0.3, -0.25) is 10.1 Å². The minimum absolute atomic E-state index is 0.109. The highest BCUT2D eigenvalue weighted by molar-refractivity contribution is 9.10. The predicted octanol–water partition coefficient (Wildman–Crippen LogP) is 3.16. The molecular formula is C18H21BrN2O4. The second kappa shape index (κ2) is 9.36. The van der Waals surface area contributed by atoms with E-state index in [1.54, 1.807) is 6.08 Å². The standard InChI is InChI=1S/C18H21BrN2O4/c1-12(17(23)21-18(24)20-14-7-3-4-8-14)25-16(22)11-10-13-6-2-5-9-15(13)19/h2,5-6,9-12,14H,3-4,7-8H2,1H3,(H2,20,21,23,24)/b11-10+/t12-/m1/s1. The summed E-state index contributed by atoms with van der Waals surface area (Å²) in [5.74, 6) is -1.31. The zero-order valence-electron chi connectivity index (χ0n) is 14.0. The summed E-state index contributed by atoms with van der Waals surface area (Å²) in [7, 11) is 0. The lowest BCUT2D eigenvalue weighted by Crippen LogP contribution is -2.47. The predicted molar refractivity (Wildman–Crippen MR) is 97.7 cm³/mol. The van der Waals surface area contributed by atoms with Gasteiger partial charge in [-0.05, 0) is 37.5 Å². The van der Waals surface area contributed by atoms with Crippen molar-refractivity contribution in [1.82, 2.24) is 10.6 Å². The minimum Gasteiger partial charge on any atom is -0.449 e. The summed E-state index contributed by atoms with van der Waals surface area (Å²) in [6.07, 6.45) is 5.77. The van der Waals surface area contributed by atoms with Crippen LogP contribution in [0.15, 0.2) is 34.8 Å². The number of carbonyl (C=O) groups excluding carboxylic acids is 3. The Morgan fingerprint density at radius 1 is 1.24 bits per heavy atom. The summed E-state index contributed by atoms with van der Waals surface area (Å²) < 4.78 is 5.85. The number of nitrogens with one attached hydrogen (secondary N) is 2.